The van der Waals surface area contributed by atoms with Crippen molar-refractivity contribution in [3.05, 3.63) is 53.9 Å². The van der Waals surface area contributed by atoms with Gasteiger partial charge < -0.3 is 20.1 Å². The minimum absolute atomic E-state index is 0.288. The van der Waals surface area contributed by atoms with Gasteiger partial charge in [-0.2, -0.15) is 0 Å². The van der Waals surface area contributed by atoms with Crippen molar-refractivity contribution in [1.29, 1.82) is 0 Å². The fraction of sp³-hybridized carbons (Fsp3) is 0.304. The molecule has 1 aliphatic rings. The molecule has 9 heteroatoms. The number of nitrogens with zero attached hydrogens (tertiary/aromatic N) is 4. The van der Waals surface area contributed by atoms with Gasteiger partial charge in [-0.1, -0.05) is 18.2 Å². The Bertz CT molecular complexity index is 1220. The van der Waals surface area contributed by atoms with Gasteiger partial charge in [-0.15, -0.1) is 0 Å². The molecule has 0 spiro atoms. The molecule has 3 heterocycles. The first-order valence-corrected chi connectivity index (χ1v) is 10.2. The number of ether oxygens (including phenoxy) is 2. The first-order valence-electron chi connectivity index (χ1n) is 10.2. The van der Waals surface area contributed by atoms with Gasteiger partial charge in [-0.25, -0.2) is 19.6 Å². The molecule has 2 aromatic heterocycles. The van der Waals surface area contributed by atoms with Gasteiger partial charge in [0.2, 0.25) is 5.95 Å². The zero-order valence-corrected chi connectivity index (χ0v) is 18.5. The van der Waals surface area contributed by atoms with Crippen LogP contribution >= 0.6 is 0 Å². The van der Waals surface area contributed by atoms with E-state index in [1.807, 2.05) is 32.9 Å². The van der Waals surface area contributed by atoms with Crippen LogP contribution in [0.3, 0.4) is 0 Å². The fourth-order valence-electron chi connectivity index (χ4n) is 3.56. The first-order chi connectivity index (χ1) is 15.2. The lowest BCUT2D eigenvalue weighted by molar-refractivity contribution is 0.0306. The van der Waals surface area contributed by atoms with E-state index in [9.17, 15) is 9.59 Å². The Labute approximate surface area is 185 Å². The number of esters is 1. The molecule has 1 amide bonds. The lowest BCUT2D eigenvalue weighted by atomic mass is 10.1. The van der Waals surface area contributed by atoms with E-state index < -0.39 is 11.6 Å². The number of hydrogen-bond donors (Lipinski definition) is 1. The lowest BCUT2D eigenvalue weighted by Crippen LogP contribution is -2.35. The molecule has 1 aromatic carbocycles. The van der Waals surface area contributed by atoms with Crippen LogP contribution in [0.15, 0.2) is 42.6 Å². The maximum atomic E-state index is 12.5. The number of nitrogens with two attached hydrogens (primary N) is 1. The topological polar surface area (TPSA) is 112 Å². The maximum Gasteiger partial charge on any atom is 0.410 e. The van der Waals surface area contributed by atoms with Crippen molar-refractivity contribution in [2.75, 3.05) is 25.9 Å². The molecule has 32 heavy (non-hydrogen) atoms. The van der Waals surface area contributed by atoms with E-state index in [1.165, 1.54) is 7.11 Å². The van der Waals surface area contributed by atoms with Crippen molar-refractivity contribution in [3.8, 4) is 11.4 Å². The summed E-state index contributed by atoms with van der Waals surface area (Å²) >= 11 is 0. The summed E-state index contributed by atoms with van der Waals surface area (Å²) in [7, 11) is 1.34. The van der Waals surface area contributed by atoms with Gasteiger partial charge in [0.05, 0.1) is 30.4 Å². The smallest absolute Gasteiger partial charge is 0.410 e. The summed E-state index contributed by atoms with van der Waals surface area (Å²) < 4.78 is 12.0. The predicted molar refractivity (Wildman–Crippen MR) is 120 cm³/mol. The Morgan fingerprint density at radius 2 is 1.84 bits per heavy atom. The molecule has 1 aliphatic heterocycles. The van der Waals surface area contributed by atoms with Crippen molar-refractivity contribution >= 4 is 29.1 Å². The van der Waals surface area contributed by atoms with Gasteiger partial charge in [0.15, 0.2) is 0 Å². The molecule has 2 N–H and O–H groups in total. The monoisotopic (exact) mass is 435 g/mol. The Kier molecular flexibility index (Phi) is 5.33. The number of amides is 1. The Morgan fingerprint density at radius 3 is 2.50 bits per heavy atom. The Balaban J connectivity index is 1.70. The van der Waals surface area contributed by atoms with Crippen LogP contribution in [0.4, 0.5) is 10.7 Å². The summed E-state index contributed by atoms with van der Waals surface area (Å²) in [6.45, 7) is 6.33. The number of aromatic nitrogens is 3. The molecule has 0 fully saturated rings. The van der Waals surface area contributed by atoms with Crippen LogP contribution < -0.4 is 5.73 Å². The van der Waals surface area contributed by atoms with Crippen LogP contribution in [0.2, 0.25) is 0 Å². The van der Waals surface area contributed by atoms with Gasteiger partial charge in [0, 0.05) is 18.3 Å². The zero-order chi connectivity index (χ0) is 23.0. The summed E-state index contributed by atoms with van der Waals surface area (Å²) in [5, 5.41) is 0. The number of methoxy groups -OCH3 is 1. The molecule has 0 aliphatic carbocycles. The van der Waals surface area contributed by atoms with Gasteiger partial charge in [-0.3, -0.25) is 4.40 Å². The molecular formula is C23H25N5O4. The van der Waals surface area contributed by atoms with E-state index in [1.54, 1.807) is 39.8 Å². The second kappa shape index (κ2) is 7.99. The van der Waals surface area contributed by atoms with Crippen LogP contribution in [0, 0.1) is 0 Å². The number of fused-ring (bicyclic) bond motifs is 1. The summed E-state index contributed by atoms with van der Waals surface area (Å²) in [5.41, 5.74) is 9.22. The molecule has 0 unspecified atom stereocenters. The van der Waals surface area contributed by atoms with Crippen molar-refractivity contribution in [3.63, 3.8) is 0 Å². The number of benzene rings is 1. The second-order valence-corrected chi connectivity index (χ2v) is 8.47. The van der Waals surface area contributed by atoms with Crippen LogP contribution in [0.25, 0.3) is 22.5 Å². The highest BCUT2D eigenvalue weighted by molar-refractivity contribution is 5.90. The van der Waals surface area contributed by atoms with Crippen LogP contribution in [0.1, 0.15) is 36.8 Å². The van der Waals surface area contributed by atoms with E-state index in [-0.39, 0.29) is 12.0 Å². The fourth-order valence-corrected chi connectivity index (χ4v) is 3.56. The average Bonchev–Trinajstić information content (AvgIpc) is 3.38. The van der Waals surface area contributed by atoms with Crippen LogP contribution in [0.5, 0.6) is 0 Å². The third-order valence-electron chi connectivity index (χ3n) is 5.02. The van der Waals surface area contributed by atoms with E-state index in [4.69, 9.17) is 20.2 Å². The summed E-state index contributed by atoms with van der Waals surface area (Å²) in [5.74, 6) is 0.467. The van der Waals surface area contributed by atoms with E-state index >= 15 is 0 Å². The normalized spacial score (nSPS) is 13.9. The zero-order valence-electron chi connectivity index (χ0n) is 18.5. The third kappa shape index (κ3) is 4.01. The SMILES string of the molecule is COC(=O)c1ccc(-c2nc(C3=CCN(C(=O)OC(C)(C)C)C3)c3ccnc(N)n23)cc1. The molecule has 4 rings (SSSR count). The number of anilines is 1. The molecule has 0 saturated heterocycles. The molecule has 0 atom stereocenters. The number of carbonyl (C=O) groups is 2. The predicted octanol–water partition coefficient (Wildman–Crippen LogP) is 3.40. The summed E-state index contributed by atoms with van der Waals surface area (Å²) in [4.78, 5) is 34.9. The molecule has 0 radical (unpaired) electrons. The number of imidazole rings is 1. The maximum absolute atomic E-state index is 12.5. The highest BCUT2D eigenvalue weighted by Crippen LogP contribution is 2.31. The van der Waals surface area contributed by atoms with Gasteiger partial charge in [0.25, 0.3) is 0 Å². The van der Waals surface area contributed by atoms with Crippen molar-refractivity contribution in [1.82, 2.24) is 19.3 Å². The van der Waals surface area contributed by atoms with Gasteiger partial charge in [0.1, 0.15) is 11.4 Å². The van der Waals surface area contributed by atoms with Gasteiger partial charge in [-0.05, 0) is 44.5 Å². The van der Waals surface area contributed by atoms with Crippen molar-refractivity contribution in [2.45, 2.75) is 26.4 Å². The van der Waals surface area contributed by atoms with Crippen molar-refractivity contribution in [2.24, 2.45) is 0 Å². The minimum Gasteiger partial charge on any atom is -0.465 e. The quantitative estimate of drug-likeness (QED) is 0.628. The highest BCUT2D eigenvalue weighted by atomic mass is 16.6. The molecule has 0 bridgehead atoms. The second-order valence-electron chi connectivity index (χ2n) is 8.47. The molecule has 3 aromatic rings. The van der Waals surface area contributed by atoms with Crippen LogP contribution in [-0.2, 0) is 9.47 Å². The van der Waals surface area contributed by atoms with E-state index in [0.29, 0.717) is 24.5 Å². The Morgan fingerprint density at radius 1 is 1.12 bits per heavy atom. The molecule has 9 nitrogen and oxygen atoms in total. The molecular weight excluding hydrogens is 410 g/mol. The third-order valence-corrected chi connectivity index (χ3v) is 5.02. The molecule has 0 saturated carbocycles. The number of rotatable bonds is 3. The first kappa shape index (κ1) is 21.4. The highest BCUT2D eigenvalue weighted by Gasteiger charge is 2.28. The summed E-state index contributed by atoms with van der Waals surface area (Å²) in [6.07, 6.45) is 3.22. The van der Waals surface area contributed by atoms with Gasteiger partial charge >= 0.3 is 12.1 Å². The van der Waals surface area contributed by atoms with E-state index in [2.05, 4.69) is 4.98 Å². The summed E-state index contributed by atoms with van der Waals surface area (Å²) in [6, 6.07) is 8.75. The van der Waals surface area contributed by atoms with Crippen molar-refractivity contribution < 1.29 is 19.1 Å². The Hall–Kier alpha value is -3.88. The standard InChI is InChI=1S/C23H25N5O4/c1-23(2,3)32-22(30)27-12-10-16(13-27)18-17-9-11-25-21(24)28(17)19(26-18)14-5-7-15(8-6-14)20(29)31-4/h5-11H,12-13H2,1-4H3,(H2,24,25). The molecule has 166 valence electrons. The van der Waals surface area contributed by atoms with Crippen LogP contribution in [-0.4, -0.2) is 57.1 Å². The lowest BCUT2D eigenvalue weighted by Gasteiger charge is -2.24. The largest absolute Gasteiger partial charge is 0.465 e. The number of nitrogen functional groups attached to an aromatic ring is 1. The number of carbonyl (C=O) groups excluding carboxylic acids is 2. The number of hydrogen-bond acceptors (Lipinski definition) is 7. The van der Waals surface area contributed by atoms with E-state index in [0.717, 1.165) is 22.3 Å². The average molecular weight is 435 g/mol. The minimum atomic E-state index is -0.565.